The third-order valence-corrected chi connectivity index (χ3v) is 3.78. The van der Waals surface area contributed by atoms with E-state index >= 15 is 0 Å². The zero-order valence-corrected chi connectivity index (χ0v) is 19.1. The number of hydrogen-bond donors (Lipinski definition) is 0. The summed E-state index contributed by atoms with van der Waals surface area (Å²) in [5.74, 6) is 0.809. The van der Waals surface area contributed by atoms with Crippen molar-refractivity contribution in [2.45, 2.75) is 0 Å². The standard InChI is InChI=1S/C18H15N2O.3ClH.Zn/c1-20(2)13-8-9-15-17(11-13)21-16-10-7-12-5-3-4-6-14(12)18(16)19-15;;;;/h3-11H,1-2H3;3*1H;/q+1;;;;+2/p-3. The summed E-state index contributed by atoms with van der Waals surface area (Å²) < 4.78 is 8.11. The van der Waals surface area contributed by atoms with Crippen LogP contribution in [0, 0.1) is 0 Å². The molecule has 1 heterocycles. The van der Waals surface area contributed by atoms with Gasteiger partial charge in [0.1, 0.15) is 25.3 Å². The molecule has 0 saturated heterocycles. The maximum atomic E-state index is 6.06. The maximum Gasteiger partial charge on any atom is 2.00 e. The number of rotatable bonds is 0. The summed E-state index contributed by atoms with van der Waals surface area (Å²) in [7, 11) is 4.03. The van der Waals surface area contributed by atoms with E-state index in [9.17, 15) is 0 Å². The molecule has 0 spiro atoms. The van der Waals surface area contributed by atoms with Gasteiger partial charge in [-0.2, -0.15) is 0 Å². The summed E-state index contributed by atoms with van der Waals surface area (Å²) in [5.41, 5.74) is 2.61. The summed E-state index contributed by atoms with van der Waals surface area (Å²) in [6, 6.07) is 18.4. The SMILES string of the molecule is C[N+](C)=c1ccc2nc3c(ccc4ccccc43)oc-2c1.[Cl-].[Cl-].[Cl-].[Zn+2]. The van der Waals surface area contributed by atoms with E-state index in [0.717, 1.165) is 33.3 Å². The molecule has 0 unspecified atom stereocenters. The molecule has 2 aromatic carbocycles. The summed E-state index contributed by atoms with van der Waals surface area (Å²) in [4.78, 5) is 4.79. The number of nitrogens with zero attached hydrogens (tertiary/aromatic N) is 2. The molecule has 1 aliphatic carbocycles. The van der Waals surface area contributed by atoms with Crippen LogP contribution in [-0.2, 0) is 19.5 Å². The molecule has 3 nitrogen and oxygen atoms in total. The van der Waals surface area contributed by atoms with Gasteiger partial charge in [0.2, 0.25) is 5.36 Å². The summed E-state index contributed by atoms with van der Waals surface area (Å²) in [6.07, 6.45) is 0. The van der Waals surface area contributed by atoms with Gasteiger partial charge in [-0.05, 0) is 17.5 Å². The van der Waals surface area contributed by atoms with E-state index < -0.39 is 0 Å². The van der Waals surface area contributed by atoms with Crippen molar-refractivity contribution in [3.05, 3.63) is 60.0 Å². The molecule has 0 aromatic heterocycles. The molecule has 4 rings (SSSR count). The van der Waals surface area contributed by atoms with Crippen molar-refractivity contribution in [2.75, 3.05) is 14.1 Å². The molecule has 0 atom stereocenters. The van der Waals surface area contributed by atoms with Crippen molar-refractivity contribution in [3.8, 4) is 11.5 Å². The number of fused-ring (bicyclic) bond motifs is 4. The molecule has 7 heteroatoms. The average Bonchev–Trinajstić information content (AvgIpc) is 2.52. The summed E-state index contributed by atoms with van der Waals surface area (Å²) in [5, 5.41) is 3.41. The van der Waals surface area contributed by atoms with Crippen LogP contribution in [0.1, 0.15) is 0 Å². The Balaban J connectivity index is 0.00000144. The molecule has 126 valence electrons. The maximum absolute atomic E-state index is 6.06. The smallest absolute Gasteiger partial charge is 1.00 e. The van der Waals surface area contributed by atoms with Crippen LogP contribution >= 0.6 is 0 Å². The van der Waals surface area contributed by atoms with Gasteiger partial charge in [0.15, 0.2) is 11.3 Å². The van der Waals surface area contributed by atoms with Crippen molar-refractivity contribution in [1.82, 2.24) is 9.56 Å². The van der Waals surface area contributed by atoms with Gasteiger partial charge in [-0.15, -0.1) is 0 Å². The number of hydrogen-bond acceptors (Lipinski definition) is 2. The summed E-state index contributed by atoms with van der Waals surface area (Å²) in [6.45, 7) is 0. The summed E-state index contributed by atoms with van der Waals surface area (Å²) >= 11 is 0. The van der Waals surface area contributed by atoms with Crippen LogP contribution in [0.5, 0.6) is 0 Å². The monoisotopic (exact) mass is 444 g/mol. The second-order valence-corrected chi connectivity index (χ2v) is 5.39. The van der Waals surface area contributed by atoms with Gasteiger partial charge in [0.25, 0.3) is 0 Å². The predicted octanol–water partition coefficient (Wildman–Crippen LogP) is -5.87. The van der Waals surface area contributed by atoms with Gasteiger partial charge < -0.3 is 41.6 Å². The first-order valence-electron chi connectivity index (χ1n) is 6.95. The van der Waals surface area contributed by atoms with Gasteiger partial charge in [-0.1, -0.05) is 30.3 Å². The molecule has 2 aliphatic rings. The van der Waals surface area contributed by atoms with E-state index in [1.54, 1.807) is 0 Å². The second kappa shape index (κ2) is 9.49. The average molecular weight is 447 g/mol. The van der Waals surface area contributed by atoms with Crippen molar-refractivity contribution < 1.29 is 61.1 Å². The normalized spacial score (nSPS) is 9.52. The molecular formula is C18H15Cl3N2OZn. The minimum atomic E-state index is 0. The Bertz CT molecular complexity index is 1030. The van der Waals surface area contributed by atoms with Crippen LogP contribution in [0.3, 0.4) is 0 Å². The Kier molecular flexibility index (Phi) is 9.04. The van der Waals surface area contributed by atoms with E-state index in [0.29, 0.717) is 0 Å². The molecule has 0 saturated carbocycles. The van der Waals surface area contributed by atoms with E-state index in [-0.39, 0.29) is 56.7 Å². The quantitative estimate of drug-likeness (QED) is 0.116. The van der Waals surface area contributed by atoms with Gasteiger partial charge >= 0.3 is 19.5 Å². The minimum absolute atomic E-state index is 0. The van der Waals surface area contributed by atoms with Gasteiger partial charge in [0.05, 0.1) is 6.07 Å². The molecule has 0 bridgehead atoms. The van der Waals surface area contributed by atoms with Crippen LogP contribution in [-0.4, -0.2) is 19.1 Å². The first-order chi connectivity index (χ1) is 10.2. The van der Waals surface area contributed by atoms with Crippen LogP contribution in [0.4, 0.5) is 0 Å². The van der Waals surface area contributed by atoms with Gasteiger partial charge in [0, 0.05) is 11.5 Å². The van der Waals surface area contributed by atoms with Crippen molar-refractivity contribution in [1.29, 1.82) is 0 Å². The fraction of sp³-hybridized carbons (Fsp3) is 0.111. The third kappa shape index (κ3) is 4.32. The molecular weight excluding hydrogens is 432 g/mol. The van der Waals surface area contributed by atoms with Crippen molar-refractivity contribution >= 4 is 21.9 Å². The molecule has 0 amide bonds. The van der Waals surface area contributed by atoms with E-state index in [1.165, 1.54) is 5.39 Å². The molecule has 0 N–H and O–H groups in total. The van der Waals surface area contributed by atoms with Gasteiger partial charge in [-0.3, -0.25) is 0 Å². The molecule has 2 aromatic rings. The predicted molar refractivity (Wildman–Crippen MR) is 85.3 cm³/mol. The Hall–Kier alpha value is -1.19. The Labute approximate surface area is 177 Å². The van der Waals surface area contributed by atoms with Crippen LogP contribution in [0.15, 0.2) is 59.0 Å². The first kappa shape index (κ1) is 23.8. The Morgan fingerprint density at radius 3 is 2.32 bits per heavy atom. The zero-order chi connectivity index (χ0) is 14.4. The first-order valence-corrected chi connectivity index (χ1v) is 6.95. The van der Waals surface area contributed by atoms with Crippen LogP contribution in [0.2, 0.25) is 0 Å². The van der Waals surface area contributed by atoms with Crippen molar-refractivity contribution in [3.63, 3.8) is 0 Å². The van der Waals surface area contributed by atoms with Crippen LogP contribution < -0.4 is 47.2 Å². The molecule has 1 aliphatic heterocycles. The minimum Gasteiger partial charge on any atom is -1.00 e. The molecule has 0 radical (unpaired) electrons. The molecule has 0 fully saturated rings. The topological polar surface area (TPSA) is 29.0 Å². The number of benzene rings is 3. The van der Waals surface area contributed by atoms with E-state index in [1.807, 2.05) is 44.4 Å². The van der Waals surface area contributed by atoms with E-state index in [2.05, 4.69) is 28.8 Å². The number of aromatic nitrogens is 1. The zero-order valence-electron chi connectivity index (χ0n) is 13.8. The van der Waals surface area contributed by atoms with Crippen molar-refractivity contribution in [2.24, 2.45) is 0 Å². The largest absolute Gasteiger partial charge is 2.00 e. The third-order valence-electron chi connectivity index (χ3n) is 3.78. The van der Waals surface area contributed by atoms with E-state index in [4.69, 9.17) is 9.40 Å². The Morgan fingerprint density at radius 1 is 0.880 bits per heavy atom. The second-order valence-electron chi connectivity index (χ2n) is 5.39. The van der Waals surface area contributed by atoms with Gasteiger partial charge in [-0.25, -0.2) is 9.56 Å². The molecule has 25 heavy (non-hydrogen) atoms. The van der Waals surface area contributed by atoms with Crippen LogP contribution in [0.25, 0.3) is 33.3 Å². The Morgan fingerprint density at radius 2 is 1.60 bits per heavy atom. The number of halogens is 3. The fourth-order valence-electron chi connectivity index (χ4n) is 2.63. The fourth-order valence-corrected chi connectivity index (χ4v) is 2.63.